The van der Waals surface area contributed by atoms with E-state index in [9.17, 15) is 24.6 Å². The second-order valence-electron chi connectivity index (χ2n) is 9.64. The van der Waals surface area contributed by atoms with E-state index in [0.717, 1.165) is 75.3 Å². The first-order chi connectivity index (χ1) is 18.3. The zero-order chi connectivity index (χ0) is 28.1. The average molecular weight is 527 g/mol. The van der Waals surface area contributed by atoms with Crippen LogP contribution in [0.5, 0.6) is 11.5 Å². The van der Waals surface area contributed by atoms with E-state index in [2.05, 4.69) is 13.8 Å². The number of esters is 2. The number of aryl methyl sites for hydroxylation is 2. The molecule has 2 aromatic rings. The number of carbonyl (C=O) groups is 3. The van der Waals surface area contributed by atoms with Crippen LogP contribution >= 0.6 is 0 Å². The summed E-state index contributed by atoms with van der Waals surface area (Å²) in [5.41, 5.74) is 2.95. The highest BCUT2D eigenvalue weighted by Gasteiger charge is 2.25. The van der Waals surface area contributed by atoms with Gasteiger partial charge in [0.15, 0.2) is 0 Å². The number of ether oxygens (including phenoxy) is 2. The summed E-state index contributed by atoms with van der Waals surface area (Å²) in [5.74, 6) is -2.64. The van der Waals surface area contributed by atoms with Gasteiger partial charge in [-0.05, 0) is 85.8 Å². The first-order valence-corrected chi connectivity index (χ1v) is 13.9. The first kappa shape index (κ1) is 30.9. The summed E-state index contributed by atoms with van der Waals surface area (Å²) in [6.07, 6.45) is 8.62. The molecule has 7 heteroatoms. The second-order valence-corrected chi connectivity index (χ2v) is 9.64. The van der Waals surface area contributed by atoms with Gasteiger partial charge in [0.2, 0.25) is 0 Å². The molecule has 0 heterocycles. The van der Waals surface area contributed by atoms with E-state index in [4.69, 9.17) is 9.47 Å². The maximum Gasteiger partial charge on any atom is 0.524 e. The Morgan fingerprint density at radius 2 is 0.921 bits per heavy atom. The summed E-state index contributed by atoms with van der Waals surface area (Å²) in [6, 6.07) is 6.38. The van der Waals surface area contributed by atoms with Crippen molar-refractivity contribution in [2.75, 3.05) is 0 Å². The second kappa shape index (κ2) is 15.8. The number of aromatic hydroxyl groups is 2. The van der Waals surface area contributed by atoms with Crippen molar-refractivity contribution in [3.05, 3.63) is 57.6 Å². The van der Waals surface area contributed by atoms with E-state index < -0.39 is 18.1 Å². The average Bonchev–Trinajstić information content (AvgIpc) is 2.89. The number of phenolic OH excluding ortho intramolecular Hbond substituents is 2. The van der Waals surface area contributed by atoms with Crippen molar-refractivity contribution in [3.8, 4) is 11.5 Å². The molecular formula is C31H42O7. The van der Waals surface area contributed by atoms with E-state index in [-0.39, 0.29) is 22.6 Å². The molecule has 0 amide bonds. The maximum absolute atomic E-state index is 12.7. The Kier molecular flexibility index (Phi) is 12.8. The van der Waals surface area contributed by atoms with E-state index in [1.807, 2.05) is 13.8 Å². The molecule has 208 valence electrons. The van der Waals surface area contributed by atoms with Gasteiger partial charge in [-0.1, -0.05) is 65.5 Å². The summed E-state index contributed by atoms with van der Waals surface area (Å²) >= 11 is 0. The highest BCUT2D eigenvalue weighted by Crippen LogP contribution is 2.31. The number of benzene rings is 2. The first-order valence-electron chi connectivity index (χ1n) is 13.9. The molecule has 0 aromatic heterocycles. The van der Waals surface area contributed by atoms with Crippen molar-refractivity contribution in [2.45, 2.75) is 105 Å². The quantitative estimate of drug-likeness (QED) is 0.193. The van der Waals surface area contributed by atoms with E-state index in [1.165, 1.54) is 12.1 Å². The number of hydrogen-bond acceptors (Lipinski definition) is 7. The van der Waals surface area contributed by atoms with Gasteiger partial charge in [-0.2, -0.15) is 0 Å². The molecule has 0 spiro atoms. The number of hydrogen-bond donors (Lipinski definition) is 2. The standard InChI is InChI=1S/C31H42O7/c1-5-9-13-21-17-19-25(27(32)23(21)15-11-7-3)29(34)37-31(36)38-30(35)26-20-18-22(14-10-6-2)24(28(26)33)16-12-8-4/h17-20,32-33H,5-16H2,1-4H3. The van der Waals surface area contributed by atoms with Gasteiger partial charge in [0.1, 0.15) is 22.6 Å². The molecule has 0 bridgehead atoms. The van der Waals surface area contributed by atoms with E-state index in [0.29, 0.717) is 24.0 Å². The molecular weight excluding hydrogens is 484 g/mol. The SMILES string of the molecule is CCCCc1ccc(C(=O)OC(=O)OC(=O)c2ccc(CCCC)c(CCCC)c2O)c(O)c1CCCC. The van der Waals surface area contributed by atoms with Gasteiger partial charge >= 0.3 is 18.1 Å². The van der Waals surface area contributed by atoms with Crippen LogP contribution in [0.1, 0.15) is 122 Å². The third-order valence-corrected chi connectivity index (χ3v) is 6.71. The minimum atomic E-state index is -1.52. The number of carbonyl (C=O) groups excluding carboxylic acids is 3. The largest absolute Gasteiger partial charge is 0.524 e. The predicted octanol–water partition coefficient (Wildman–Crippen LogP) is 7.60. The Morgan fingerprint density at radius 1 is 0.579 bits per heavy atom. The minimum absolute atomic E-state index is 0.161. The molecule has 2 aromatic carbocycles. The summed E-state index contributed by atoms with van der Waals surface area (Å²) in [4.78, 5) is 37.7. The van der Waals surface area contributed by atoms with Crippen LogP contribution in [0.15, 0.2) is 24.3 Å². The van der Waals surface area contributed by atoms with Crippen molar-refractivity contribution < 1.29 is 34.1 Å². The van der Waals surface area contributed by atoms with Crippen molar-refractivity contribution in [3.63, 3.8) is 0 Å². The smallest absolute Gasteiger partial charge is 0.507 e. The zero-order valence-corrected chi connectivity index (χ0v) is 23.2. The van der Waals surface area contributed by atoms with Crippen LogP contribution in [0.4, 0.5) is 4.79 Å². The van der Waals surface area contributed by atoms with Crippen LogP contribution in [-0.4, -0.2) is 28.3 Å². The molecule has 0 unspecified atom stereocenters. The van der Waals surface area contributed by atoms with Crippen LogP contribution < -0.4 is 0 Å². The normalized spacial score (nSPS) is 10.8. The van der Waals surface area contributed by atoms with Crippen molar-refractivity contribution in [2.24, 2.45) is 0 Å². The van der Waals surface area contributed by atoms with Gasteiger partial charge in [-0.3, -0.25) is 0 Å². The van der Waals surface area contributed by atoms with Crippen LogP contribution in [0, 0.1) is 0 Å². The summed E-state index contributed by atoms with van der Waals surface area (Å²) in [6.45, 7) is 8.24. The van der Waals surface area contributed by atoms with Crippen molar-refractivity contribution in [1.29, 1.82) is 0 Å². The summed E-state index contributed by atoms with van der Waals surface area (Å²) in [7, 11) is 0. The Balaban J connectivity index is 2.19. The Hall–Kier alpha value is -3.35. The molecule has 0 atom stereocenters. The highest BCUT2D eigenvalue weighted by atomic mass is 16.8. The fourth-order valence-corrected chi connectivity index (χ4v) is 4.44. The molecule has 0 radical (unpaired) electrons. The molecule has 0 saturated heterocycles. The van der Waals surface area contributed by atoms with Crippen LogP contribution in [0.25, 0.3) is 0 Å². The van der Waals surface area contributed by atoms with Gasteiger partial charge in [-0.25, -0.2) is 14.4 Å². The highest BCUT2D eigenvalue weighted by molar-refractivity contribution is 6.02. The lowest BCUT2D eigenvalue weighted by Crippen LogP contribution is -2.19. The Bertz CT molecular complexity index is 1020. The molecule has 0 aliphatic rings. The zero-order valence-electron chi connectivity index (χ0n) is 23.2. The predicted molar refractivity (Wildman–Crippen MR) is 147 cm³/mol. The summed E-state index contributed by atoms with van der Waals surface area (Å²) < 4.78 is 9.48. The molecule has 38 heavy (non-hydrogen) atoms. The fourth-order valence-electron chi connectivity index (χ4n) is 4.44. The maximum atomic E-state index is 12.7. The molecule has 2 rings (SSSR count). The third-order valence-electron chi connectivity index (χ3n) is 6.71. The van der Waals surface area contributed by atoms with E-state index in [1.54, 1.807) is 12.1 Å². The number of unbranched alkanes of at least 4 members (excludes halogenated alkanes) is 4. The molecule has 0 aliphatic carbocycles. The van der Waals surface area contributed by atoms with Gasteiger partial charge in [0.05, 0.1) is 0 Å². The van der Waals surface area contributed by atoms with Gasteiger partial charge < -0.3 is 19.7 Å². The lowest BCUT2D eigenvalue weighted by molar-refractivity contribution is 0.0335. The van der Waals surface area contributed by atoms with E-state index >= 15 is 0 Å². The lowest BCUT2D eigenvalue weighted by Gasteiger charge is -2.15. The van der Waals surface area contributed by atoms with Gasteiger partial charge in [-0.15, -0.1) is 0 Å². The van der Waals surface area contributed by atoms with Crippen molar-refractivity contribution in [1.82, 2.24) is 0 Å². The molecule has 2 N–H and O–H groups in total. The van der Waals surface area contributed by atoms with Gasteiger partial charge in [0.25, 0.3) is 0 Å². The van der Waals surface area contributed by atoms with Crippen molar-refractivity contribution >= 4 is 18.1 Å². The monoisotopic (exact) mass is 526 g/mol. The molecule has 0 saturated carbocycles. The van der Waals surface area contributed by atoms with Gasteiger partial charge in [0, 0.05) is 0 Å². The van der Waals surface area contributed by atoms with Crippen LogP contribution in [0.3, 0.4) is 0 Å². The lowest BCUT2D eigenvalue weighted by atomic mass is 9.94. The fraction of sp³-hybridized carbons (Fsp3) is 0.516. The Labute approximate surface area is 226 Å². The summed E-state index contributed by atoms with van der Waals surface area (Å²) in [5, 5.41) is 21.6. The van der Waals surface area contributed by atoms with Crippen LogP contribution in [0.2, 0.25) is 0 Å². The third kappa shape index (κ3) is 8.33. The molecule has 0 fully saturated rings. The number of phenols is 2. The topological polar surface area (TPSA) is 110 Å². The molecule has 0 aliphatic heterocycles. The minimum Gasteiger partial charge on any atom is -0.507 e. The van der Waals surface area contributed by atoms with Crippen LogP contribution in [-0.2, 0) is 35.2 Å². The number of rotatable bonds is 14. The molecule has 7 nitrogen and oxygen atoms in total. The Morgan fingerprint density at radius 3 is 1.26 bits per heavy atom.